The van der Waals surface area contributed by atoms with Gasteiger partial charge >= 0.3 is 5.97 Å². The average Bonchev–Trinajstić information content (AvgIpc) is 2.67. The van der Waals surface area contributed by atoms with Crippen molar-refractivity contribution >= 4 is 28.5 Å². The Balaban J connectivity index is 2.11. The molecule has 7 heteroatoms. The number of hydrogen-bond donors (Lipinski definition) is 0. The fourth-order valence-electron chi connectivity index (χ4n) is 2.87. The van der Waals surface area contributed by atoms with Crippen LogP contribution < -0.4 is 19.6 Å². The fourth-order valence-corrected chi connectivity index (χ4v) is 2.92. The van der Waals surface area contributed by atoms with Gasteiger partial charge in [0.2, 0.25) is 5.43 Å². The molecule has 1 unspecified atom stereocenters. The molecule has 28 heavy (non-hydrogen) atoms. The number of hydrogen-bond acceptors (Lipinski definition) is 6. The van der Waals surface area contributed by atoms with E-state index in [4.69, 9.17) is 30.2 Å². The molecule has 0 saturated heterocycles. The molecule has 0 fully saturated rings. The summed E-state index contributed by atoms with van der Waals surface area (Å²) >= 11 is 5.71. The predicted octanol–water partition coefficient (Wildman–Crippen LogP) is 4.32. The van der Waals surface area contributed by atoms with E-state index in [1.807, 2.05) is 0 Å². The minimum atomic E-state index is -0.781. The molecular formula is C21H19ClO6. The summed E-state index contributed by atoms with van der Waals surface area (Å²) in [7, 11) is 3.07. The van der Waals surface area contributed by atoms with Crippen molar-refractivity contribution in [2.75, 3.05) is 14.2 Å². The van der Waals surface area contributed by atoms with Crippen molar-refractivity contribution in [3.05, 3.63) is 52.4 Å². The van der Waals surface area contributed by atoms with Crippen molar-refractivity contribution in [3.8, 4) is 28.4 Å². The fraction of sp³-hybridized carbons (Fsp3) is 0.238. The van der Waals surface area contributed by atoms with Gasteiger partial charge in [0.15, 0.2) is 11.5 Å². The van der Waals surface area contributed by atoms with E-state index in [0.717, 1.165) is 0 Å². The normalized spacial score (nSPS) is 11.9. The first-order valence-electron chi connectivity index (χ1n) is 8.51. The number of aryl methyl sites for hydroxylation is 1. The Morgan fingerprint density at radius 2 is 1.79 bits per heavy atom. The molecule has 0 N–H and O–H groups in total. The molecule has 1 heterocycles. The van der Waals surface area contributed by atoms with Gasteiger partial charge in [0.25, 0.3) is 0 Å². The maximum Gasteiger partial charge on any atom is 0.329 e. The number of rotatable bonds is 5. The summed E-state index contributed by atoms with van der Waals surface area (Å²) in [6, 6.07) is 9.81. The lowest BCUT2D eigenvalue weighted by Crippen LogP contribution is -2.17. The summed E-state index contributed by atoms with van der Waals surface area (Å²) in [5.74, 6) is 1.18. The lowest BCUT2D eigenvalue weighted by atomic mass is 10.0. The van der Waals surface area contributed by atoms with Crippen molar-refractivity contribution in [2.45, 2.75) is 19.2 Å². The highest BCUT2D eigenvalue weighted by molar-refractivity contribution is 6.29. The second kappa shape index (κ2) is 7.94. The molecule has 146 valence electrons. The number of halogens is 1. The first kappa shape index (κ1) is 19.8. The molecule has 0 aliphatic heterocycles. The molecule has 0 spiro atoms. The molecule has 0 saturated carbocycles. The number of carbonyl (C=O) groups excluding carboxylic acids is 1. The maximum atomic E-state index is 13.1. The van der Waals surface area contributed by atoms with Crippen LogP contribution in [0.2, 0.25) is 0 Å². The zero-order valence-electron chi connectivity index (χ0n) is 15.9. The largest absolute Gasteiger partial charge is 0.493 e. The van der Waals surface area contributed by atoms with Crippen molar-refractivity contribution in [3.63, 3.8) is 0 Å². The van der Waals surface area contributed by atoms with Crippen molar-refractivity contribution < 1.29 is 23.4 Å². The van der Waals surface area contributed by atoms with Crippen LogP contribution in [0.15, 0.2) is 45.6 Å². The van der Waals surface area contributed by atoms with Crippen LogP contribution >= 0.6 is 11.6 Å². The van der Waals surface area contributed by atoms with Gasteiger partial charge < -0.3 is 18.6 Å². The summed E-state index contributed by atoms with van der Waals surface area (Å²) in [5, 5.41) is -0.411. The van der Waals surface area contributed by atoms with E-state index in [0.29, 0.717) is 39.4 Å². The summed E-state index contributed by atoms with van der Waals surface area (Å²) in [4.78, 5) is 24.8. The van der Waals surface area contributed by atoms with Gasteiger partial charge in [0, 0.05) is 6.07 Å². The Labute approximate surface area is 166 Å². The average molecular weight is 403 g/mol. The molecule has 0 bridgehead atoms. The van der Waals surface area contributed by atoms with Gasteiger partial charge in [-0.25, -0.2) is 0 Å². The quantitative estimate of drug-likeness (QED) is 0.359. The highest BCUT2D eigenvalue weighted by Crippen LogP contribution is 2.33. The van der Waals surface area contributed by atoms with Crippen LogP contribution in [0, 0.1) is 6.92 Å². The highest BCUT2D eigenvalue weighted by Gasteiger charge is 2.17. The third-order valence-corrected chi connectivity index (χ3v) is 4.43. The van der Waals surface area contributed by atoms with Gasteiger partial charge in [-0.05, 0) is 43.7 Å². The molecule has 0 aliphatic carbocycles. The first-order valence-corrected chi connectivity index (χ1v) is 8.95. The van der Waals surface area contributed by atoms with Crippen LogP contribution in [0.4, 0.5) is 0 Å². The Morgan fingerprint density at radius 3 is 2.43 bits per heavy atom. The number of esters is 1. The summed E-state index contributed by atoms with van der Waals surface area (Å²) < 4.78 is 21.6. The summed E-state index contributed by atoms with van der Waals surface area (Å²) in [5.41, 5.74) is 1.19. The van der Waals surface area contributed by atoms with Crippen LogP contribution in [0.3, 0.4) is 0 Å². The van der Waals surface area contributed by atoms with Gasteiger partial charge in [0.05, 0.1) is 25.2 Å². The molecule has 0 radical (unpaired) electrons. The zero-order valence-corrected chi connectivity index (χ0v) is 16.6. The molecule has 1 atom stereocenters. The van der Waals surface area contributed by atoms with Gasteiger partial charge in [-0.15, -0.1) is 11.6 Å². The maximum absolute atomic E-state index is 13.1. The lowest BCUT2D eigenvalue weighted by molar-refractivity contribution is -0.133. The molecule has 6 nitrogen and oxygen atoms in total. The minimum Gasteiger partial charge on any atom is -0.493 e. The van der Waals surface area contributed by atoms with Crippen LogP contribution in [0.1, 0.15) is 12.7 Å². The Morgan fingerprint density at radius 1 is 1.07 bits per heavy atom. The topological polar surface area (TPSA) is 75.0 Å². The van der Waals surface area contributed by atoms with Crippen LogP contribution in [-0.2, 0) is 4.79 Å². The molecule has 1 aromatic heterocycles. The van der Waals surface area contributed by atoms with Crippen LogP contribution in [0.25, 0.3) is 22.1 Å². The number of ether oxygens (including phenoxy) is 3. The molecular weight excluding hydrogens is 384 g/mol. The van der Waals surface area contributed by atoms with Crippen molar-refractivity contribution in [1.29, 1.82) is 0 Å². The van der Waals surface area contributed by atoms with Gasteiger partial charge in [-0.3, -0.25) is 9.59 Å². The third-order valence-electron chi connectivity index (χ3n) is 4.26. The Kier molecular flexibility index (Phi) is 5.61. The van der Waals surface area contributed by atoms with E-state index in [1.54, 1.807) is 38.3 Å². The summed E-state index contributed by atoms with van der Waals surface area (Å²) in [6.45, 7) is 3.22. The van der Waals surface area contributed by atoms with Crippen LogP contribution in [-0.4, -0.2) is 25.6 Å². The lowest BCUT2D eigenvalue weighted by Gasteiger charge is -2.12. The second-order valence-corrected chi connectivity index (χ2v) is 6.78. The standard InChI is InChI=1S/C21H19ClO6/c1-11(22)21(24)28-14-6-7-15-17(10-14)27-12(2)19(20(15)23)13-5-8-16(25-3)18(9-13)26-4/h5-11H,1-4H3. The zero-order chi connectivity index (χ0) is 20.4. The molecule has 0 amide bonds. The van der Waals surface area contributed by atoms with Gasteiger partial charge in [-0.1, -0.05) is 6.07 Å². The number of benzene rings is 2. The predicted molar refractivity (Wildman–Crippen MR) is 107 cm³/mol. The summed E-state index contributed by atoms with van der Waals surface area (Å²) in [6.07, 6.45) is 0. The number of fused-ring (bicyclic) bond motifs is 1. The van der Waals surface area contributed by atoms with E-state index in [9.17, 15) is 9.59 Å². The number of alkyl halides is 1. The van der Waals surface area contributed by atoms with E-state index in [-0.39, 0.29) is 11.2 Å². The van der Waals surface area contributed by atoms with E-state index < -0.39 is 11.3 Å². The smallest absolute Gasteiger partial charge is 0.329 e. The number of carbonyl (C=O) groups is 1. The third kappa shape index (κ3) is 3.68. The van der Waals surface area contributed by atoms with E-state index in [1.165, 1.54) is 26.2 Å². The Hall–Kier alpha value is -2.99. The number of methoxy groups -OCH3 is 2. The molecule has 3 aromatic rings. The second-order valence-electron chi connectivity index (χ2n) is 6.13. The van der Waals surface area contributed by atoms with Crippen molar-refractivity contribution in [2.24, 2.45) is 0 Å². The monoisotopic (exact) mass is 402 g/mol. The van der Waals surface area contributed by atoms with E-state index in [2.05, 4.69) is 0 Å². The highest BCUT2D eigenvalue weighted by atomic mass is 35.5. The van der Waals surface area contributed by atoms with Gasteiger partial charge in [-0.2, -0.15) is 0 Å². The Bertz CT molecular complexity index is 1100. The molecule has 0 aliphatic rings. The molecule has 3 rings (SSSR count). The van der Waals surface area contributed by atoms with Gasteiger partial charge in [0.1, 0.15) is 22.5 Å². The first-order chi connectivity index (χ1) is 13.3. The minimum absolute atomic E-state index is 0.199. The SMILES string of the molecule is COc1ccc(-c2c(C)oc3cc(OC(=O)C(C)Cl)ccc3c2=O)cc1OC. The van der Waals surface area contributed by atoms with E-state index >= 15 is 0 Å². The van der Waals surface area contributed by atoms with Crippen molar-refractivity contribution in [1.82, 2.24) is 0 Å². The van der Waals surface area contributed by atoms with Crippen LogP contribution in [0.5, 0.6) is 17.2 Å². The molecule has 2 aromatic carbocycles.